The van der Waals surface area contributed by atoms with Crippen LogP contribution in [-0.4, -0.2) is 22.2 Å². The molecule has 0 radical (unpaired) electrons. The Kier molecular flexibility index (Phi) is 7.13. The van der Waals surface area contributed by atoms with Crippen LogP contribution in [0.25, 0.3) is 0 Å². The first-order chi connectivity index (χ1) is 14.0. The van der Waals surface area contributed by atoms with Crippen molar-refractivity contribution in [2.75, 3.05) is 0 Å². The highest BCUT2D eigenvalue weighted by atomic mass is 16.1. The fraction of sp³-hybridized carbons (Fsp3) is 0.500. The van der Waals surface area contributed by atoms with Gasteiger partial charge < -0.3 is 10.7 Å². The van der Waals surface area contributed by atoms with E-state index in [1.54, 1.807) is 18.5 Å². The molecular formula is C24H32N4O. The number of rotatable bonds is 10. The minimum Gasteiger partial charge on any atom is -0.386 e. The summed E-state index contributed by atoms with van der Waals surface area (Å²) < 4.78 is 0. The Balaban J connectivity index is 1.63. The smallest absolute Gasteiger partial charge is 0.184 e. The second-order valence-electron chi connectivity index (χ2n) is 8.29. The molecule has 1 unspecified atom stereocenters. The highest BCUT2D eigenvalue weighted by molar-refractivity contribution is 6.54. The third kappa shape index (κ3) is 5.72. The second-order valence-corrected chi connectivity index (χ2v) is 8.29. The van der Waals surface area contributed by atoms with Crippen molar-refractivity contribution in [1.82, 2.24) is 10.3 Å². The quantitative estimate of drug-likeness (QED) is 0.606. The molecule has 0 aromatic carbocycles. The number of nitrogens with one attached hydrogen (secondary N) is 2. The van der Waals surface area contributed by atoms with Gasteiger partial charge in [0.05, 0.1) is 5.71 Å². The average molecular weight is 393 g/mol. The van der Waals surface area contributed by atoms with E-state index in [-0.39, 0.29) is 11.7 Å². The summed E-state index contributed by atoms with van der Waals surface area (Å²) in [5.41, 5.74) is 4.78. The Hall–Kier alpha value is -2.56. The molecule has 29 heavy (non-hydrogen) atoms. The standard InChI is InChI=1S/C24H32N4O/c1-4-5-16(2)24(29)23-20(21(25)10-11-27-23)15-26-13-19-12-17(3)22(28-14-19)9-8-18-6-7-18/h10-12,14-16,18,25-26H,4-9,13H2,1-3H3/b20-15+,25-21?. The van der Waals surface area contributed by atoms with Crippen molar-refractivity contribution in [3.05, 3.63) is 53.1 Å². The van der Waals surface area contributed by atoms with Crippen molar-refractivity contribution >= 4 is 17.2 Å². The van der Waals surface area contributed by atoms with Crippen LogP contribution < -0.4 is 5.32 Å². The number of aliphatic imine (C=N–C) groups is 1. The number of hydrogen-bond acceptors (Lipinski definition) is 5. The number of hydrogen-bond donors (Lipinski definition) is 2. The van der Waals surface area contributed by atoms with Crippen LogP contribution in [-0.2, 0) is 17.8 Å². The SMILES string of the molecule is CCCC(C)C(=O)C1=NC=CC(=N)/C1=C\NCc1cnc(CCC2CC2)c(C)c1. The molecule has 2 heterocycles. The molecule has 1 atom stereocenters. The molecule has 154 valence electrons. The van der Waals surface area contributed by atoms with E-state index in [4.69, 9.17) is 5.41 Å². The highest BCUT2D eigenvalue weighted by Gasteiger charge is 2.25. The Morgan fingerprint density at radius 3 is 2.90 bits per heavy atom. The van der Waals surface area contributed by atoms with Crippen LogP contribution in [0.4, 0.5) is 0 Å². The predicted molar refractivity (Wildman–Crippen MR) is 118 cm³/mol. The number of pyridine rings is 1. The summed E-state index contributed by atoms with van der Waals surface area (Å²) in [5.74, 6) is 0.839. The highest BCUT2D eigenvalue weighted by Crippen LogP contribution is 2.33. The third-order valence-corrected chi connectivity index (χ3v) is 5.67. The molecule has 2 aliphatic rings. The molecule has 2 N–H and O–H groups in total. The van der Waals surface area contributed by atoms with Crippen LogP contribution in [0.1, 0.15) is 62.8 Å². The number of Topliss-reactive ketones (excluding diaryl/α,β-unsaturated/α-hetero) is 1. The Morgan fingerprint density at radius 2 is 2.21 bits per heavy atom. The van der Waals surface area contributed by atoms with Crippen molar-refractivity contribution in [3.63, 3.8) is 0 Å². The molecule has 0 spiro atoms. The fourth-order valence-electron chi connectivity index (χ4n) is 3.65. The Labute approximate surface area is 173 Å². The largest absolute Gasteiger partial charge is 0.386 e. The summed E-state index contributed by atoms with van der Waals surface area (Å²) >= 11 is 0. The van der Waals surface area contributed by atoms with Crippen LogP contribution in [0.15, 0.2) is 41.3 Å². The van der Waals surface area contributed by atoms with Gasteiger partial charge in [0.25, 0.3) is 0 Å². The summed E-state index contributed by atoms with van der Waals surface area (Å²) in [7, 11) is 0. The molecule has 0 saturated heterocycles. The normalized spacial score (nSPS) is 18.7. The molecule has 1 aliphatic carbocycles. The van der Waals surface area contributed by atoms with Gasteiger partial charge in [0.2, 0.25) is 0 Å². The number of carbonyl (C=O) groups is 1. The van der Waals surface area contributed by atoms with E-state index in [1.807, 2.05) is 13.1 Å². The number of allylic oxidation sites excluding steroid dienone is 2. The van der Waals surface area contributed by atoms with Gasteiger partial charge in [-0.25, -0.2) is 0 Å². The van der Waals surface area contributed by atoms with Crippen molar-refractivity contribution in [3.8, 4) is 0 Å². The van der Waals surface area contributed by atoms with Crippen LogP contribution in [0.3, 0.4) is 0 Å². The van der Waals surface area contributed by atoms with E-state index < -0.39 is 0 Å². The van der Waals surface area contributed by atoms with Gasteiger partial charge in [-0.1, -0.05) is 39.2 Å². The Bertz CT molecular complexity index is 862. The minimum atomic E-state index is -0.0866. The van der Waals surface area contributed by atoms with Gasteiger partial charge in [0, 0.05) is 42.3 Å². The molecule has 5 heteroatoms. The first-order valence-electron chi connectivity index (χ1n) is 10.7. The first-order valence-corrected chi connectivity index (χ1v) is 10.7. The third-order valence-electron chi connectivity index (χ3n) is 5.67. The Morgan fingerprint density at radius 1 is 1.41 bits per heavy atom. The van der Waals surface area contributed by atoms with E-state index in [2.05, 4.69) is 35.2 Å². The van der Waals surface area contributed by atoms with Gasteiger partial charge >= 0.3 is 0 Å². The fourth-order valence-corrected chi connectivity index (χ4v) is 3.65. The maximum atomic E-state index is 12.7. The summed E-state index contributed by atoms with van der Waals surface area (Å²) in [5, 5.41) is 11.5. The molecule has 1 aromatic heterocycles. The maximum absolute atomic E-state index is 12.7. The zero-order valence-corrected chi connectivity index (χ0v) is 17.8. The van der Waals surface area contributed by atoms with Gasteiger partial charge in [-0.3, -0.25) is 14.8 Å². The second kappa shape index (κ2) is 9.77. The summed E-state index contributed by atoms with van der Waals surface area (Å²) in [6, 6.07) is 2.18. The molecule has 1 fully saturated rings. The lowest BCUT2D eigenvalue weighted by Crippen LogP contribution is -2.29. The van der Waals surface area contributed by atoms with Gasteiger partial charge in [-0.2, -0.15) is 0 Å². The summed E-state index contributed by atoms with van der Waals surface area (Å²) in [6.45, 7) is 6.72. The van der Waals surface area contributed by atoms with Gasteiger partial charge in [-0.05, 0) is 49.3 Å². The van der Waals surface area contributed by atoms with Crippen molar-refractivity contribution in [2.45, 2.75) is 65.8 Å². The monoisotopic (exact) mass is 392 g/mol. The molecule has 1 aliphatic heterocycles. The van der Waals surface area contributed by atoms with Gasteiger partial charge in [0.15, 0.2) is 5.78 Å². The lowest BCUT2D eigenvalue weighted by Gasteiger charge is -2.16. The molecular weight excluding hydrogens is 360 g/mol. The van der Waals surface area contributed by atoms with Crippen molar-refractivity contribution < 1.29 is 4.79 Å². The van der Waals surface area contributed by atoms with Crippen molar-refractivity contribution in [1.29, 1.82) is 5.41 Å². The summed E-state index contributed by atoms with van der Waals surface area (Å²) in [6.07, 6.45) is 13.7. The van der Waals surface area contributed by atoms with Crippen LogP contribution >= 0.6 is 0 Å². The topological polar surface area (TPSA) is 78.2 Å². The number of nitrogens with zero attached hydrogens (tertiary/aromatic N) is 2. The van der Waals surface area contributed by atoms with Crippen LogP contribution in [0.5, 0.6) is 0 Å². The van der Waals surface area contributed by atoms with Crippen LogP contribution in [0, 0.1) is 24.2 Å². The van der Waals surface area contributed by atoms with E-state index in [1.165, 1.54) is 30.5 Å². The number of ketones is 1. The van der Waals surface area contributed by atoms with E-state index in [0.717, 1.165) is 30.7 Å². The zero-order chi connectivity index (χ0) is 20.8. The van der Waals surface area contributed by atoms with E-state index in [0.29, 0.717) is 23.5 Å². The molecule has 0 amide bonds. The average Bonchev–Trinajstić information content (AvgIpc) is 3.52. The molecule has 1 aromatic rings. The van der Waals surface area contributed by atoms with Gasteiger partial charge in [-0.15, -0.1) is 0 Å². The lowest BCUT2D eigenvalue weighted by molar-refractivity contribution is -0.116. The maximum Gasteiger partial charge on any atom is 0.184 e. The van der Waals surface area contributed by atoms with Crippen LogP contribution in [0.2, 0.25) is 0 Å². The summed E-state index contributed by atoms with van der Waals surface area (Å²) in [4.78, 5) is 21.7. The zero-order valence-electron chi connectivity index (χ0n) is 17.8. The number of aromatic nitrogens is 1. The predicted octanol–water partition coefficient (Wildman–Crippen LogP) is 4.70. The van der Waals surface area contributed by atoms with Crippen molar-refractivity contribution in [2.24, 2.45) is 16.8 Å². The number of carbonyl (C=O) groups excluding carboxylic acids is 1. The first kappa shape index (κ1) is 21.2. The lowest BCUT2D eigenvalue weighted by atomic mass is 9.91. The number of aryl methyl sites for hydroxylation is 2. The molecule has 1 saturated carbocycles. The van der Waals surface area contributed by atoms with E-state index in [9.17, 15) is 4.79 Å². The molecule has 3 rings (SSSR count). The molecule has 0 bridgehead atoms. The van der Waals surface area contributed by atoms with E-state index >= 15 is 0 Å². The minimum absolute atomic E-state index is 0.00604. The van der Waals surface area contributed by atoms with Gasteiger partial charge in [0.1, 0.15) is 5.71 Å². The molecule has 5 nitrogen and oxygen atoms in total.